The lowest BCUT2D eigenvalue weighted by Crippen LogP contribution is -2.04. The fourth-order valence-corrected chi connectivity index (χ4v) is 2.87. The molecule has 0 bridgehead atoms. The predicted molar refractivity (Wildman–Crippen MR) is 70.5 cm³/mol. The number of imidazole rings is 1. The minimum absolute atomic E-state index is 0.0994. The van der Waals surface area contributed by atoms with E-state index in [9.17, 15) is 4.79 Å². The second-order valence-electron chi connectivity index (χ2n) is 5.07. The summed E-state index contributed by atoms with van der Waals surface area (Å²) in [5, 5.41) is 13.8. The Morgan fingerprint density at radius 3 is 2.79 bits per heavy atom. The van der Waals surface area contributed by atoms with Gasteiger partial charge in [-0.05, 0) is 25.0 Å². The first-order valence-electron chi connectivity index (χ1n) is 6.82. The van der Waals surface area contributed by atoms with Crippen LogP contribution in [-0.4, -0.2) is 25.7 Å². The first kappa shape index (κ1) is 12.1. The number of carboxylic acid groups (broad SMARTS) is 1. The zero-order valence-electron chi connectivity index (χ0n) is 11.0. The van der Waals surface area contributed by atoms with Crippen molar-refractivity contribution < 1.29 is 9.90 Å². The third-order valence-corrected chi connectivity index (χ3v) is 3.88. The zero-order chi connectivity index (χ0) is 13.4. The second-order valence-corrected chi connectivity index (χ2v) is 5.07. The summed E-state index contributed by atoms with van der Waals surface area (Å²) in [4.78, 5) is 15.4. The highest BCUT2D eigenvalue weighted by Gasteiger charge is 2.21. The van der Waals surface area contributed by atoms with Crippen LogP contribution in [0.1, 0.15) is 60.5 Å². The Labute approximate surface area is 111 Å². The van der Waals surface area contributed by atoms with Crippen molar-refractivity contribution in [3.05, 3.63) is 29.3 Å². The van der Waals surface area contributed by atoms with Gasteiger partial charge in [0.15, 0.2) is 5.69 Å². The maximum Gasteiger partial charge on any atom is 0.356 e. The lowest BCUT2D eigenvalue weighted by atomic mass is 10.0. The molecule has 0 saturated heterocycles. The summed E-state index contributed by atoms with van der Waals surface area (Å²) in [6.45, 7) is 1.96. The number of fused-ring (bicyclic) bond motifs is 1. The topological polar surface area (TPSA) is 67.5 Å². The molecule has 0 unspecified atom stereocenters. The van der Waals surface area contributed by atoms with E-state index >= 15 is 0 Å². The van der Waals surface area contributed by atoms with Crippen molar-refractivity contribution in [2.24, 2.45) is 0 Å². The molecule has 1 fully saturated rings. The normalized spacial score (nSPS) is 16.3. The lowest BCUT2D eigenvalue weighted by Gasteiger charge is -2.09. The van der Waals surface area contributed by atoms with Crippen molar-refractivity contribution in [1.29, 1.82) is 0 Å². The summed E-state index contributed by atoms with van der Waals surface area (Å²) in [7, 11) is 0. The van der Waals surface area contributed by atoms with Gasteiger partial charge in [-0.2, -0.15) is 5.10 Å². The number of rotatable bonds is 3. The van der Waals surface area contributed by atoms with Gasteiger partial charge in [-0.25, -0.2) is 14.3 Å². The van der Waals surface area contributed by atoms with Gasteiger partial charge in [-0.1, -0.05) is 19.8 Å². The van der Waals surface area contributed by atoms with E-state index in [4.69, 9.17) is 5.11 Å². The number of nitrogens with zero attached hydrogens (tertiary/aromatic N) is 3. The number of hydrogen-bond acceptors (Lipinski definition) is 3. The first-order chi connectivity index (χ1) is 9.20. The Morgan fingerprint density at radius 1 is 1.42 bits per heavy atom. The summed E-state index contributed by atoms with van der Waals surface area (Å²) in [6, 6.07) is 3.80. The highest BCUT2D eigenvalue weighted by Crippen LogP contribution is 2.33. The monoisotopic (exact) mass is 259 g/mol. The van der Waals surface area contributed by atoms with Crippen molar-refractivity contribution in [2.45, 2.75) is 44.9 Å². The highest BCUT2D eigenvalue weighted by molar-refractivity contribution is 5.93. The quantitative estimate of drug-likeness (QED) is 0.920. The van der Waals surface area contributed by atoms with Crippen LogP contribution < -0.4 is 0 Å². The van der Waals surface area contributed by atoms with E-state index < -0.39 is 5.97 Å². The van der Waals surface area contributed by atoms with E-state index in [1.54, 1.807) is 4.52 Å². The Kier molecular flexibility index (Phi) is 2.97. The predicted octanol–water partition coefficient (Wildman–Crippen LogP) is 2.65. The number of aromatic nitrogens is 3. The van der Waals surface area contributed by atoms with E-state index in [1.807, 2.05) is 19.1 Å². The van der Waals surface area contributed by atoms with Crippen molar-refractivity contribution in [3.63, 3.8) is 0 Å². The largest absolute Gasteiger partial charge is 0.476 e. The summed E-state index contributed by atoms with van der Waals surface area (Å²) in [5.74, 6) is 0.240. The van der Waals surface area contributed by atoms with Crippen molar-refractivity contribution in [2.75, 3.05) is 0 Å². The molecule has 1 aliphatic carbocycles. The fraction of sp³-hybridized carbons (Fsp3) is 0.500. The third kappa shape index (κ3) is 1.99. The van der Waals surface area contributed by atoms with Crippen LogP contribution >= 0.6 is 0 Å². The average molecular weight is 259 g/mol. The van der Waals surface area contributed by atoms with E-state index in [0.29, 0.717) is 23.7 Å². The molecule has 0 aromatic carbocycles. The molecule has 1 aliphatic rings. The zero-order valence-corrected chi connectivity index (χ0v) is 11.0. The number of aromatic carboxylic acids is 1. The third-order valence-electron chi connectivity index (χ3n) is 3.88. The molecule has 5 nitrogen and oxygen atoms in total. The lowest BCUT2D eigenvalue weighted by molar-refractivity contribution is 0.0693. The summed E-state index contributed by atoms with van der Waals surface area (Å²) < 4.78 is 1.71. The van der Waals surface area contributed by atoms with Crippen LogP contribution in [0.2, 0.25) is 0 Å². The van der Waals surface area contributed by atoms with E-state index in [0.717, 1.165) is 5.69 Å². The molecule has 2 aromatic heterocycles. The highest BCUT2D eigenvalue weighted by atomic mass is 16.4. The maximum atomic E-state index is 11.2. The van der Waals surface area contributed by atoms with Crippen molar-refractivity contribution in [1.82, 2.24) is 14.6 Å². The van der Waals surface area contributed by atoms with Gasteiger partial charge >= 0.3 is 5.97 Å². The minimum atomic E-state index is -0.993. The minimum Gasteiger partial charge on any atom is -0.476 e. The van der Waals surface area contributed by atoms with Gasteiger partial charge in [0.25, 0.3) is 0 Å². The Bertz CT molecular complexity index is 627. The van der Waals surface area contributed by atoms with Crippen LogP contribution in [0, 0.1) is 0 Å². The molecule has 2 aromatic rings. The van der Waals surface area contributed by atoms with E-state index in [2.05, 4.69) is 10.1 Å². The number of aryl methyl sites for hydroxylation is 1. The van der Waals surface area contributed by atoms with Gasteiger partial charge < -0.3 is 5.11 Å². The number of carboxylic acids is 1. The summed E-state index contributed by atoms with van der Waals surface area (Å²) in [5.41, 5.74) is 1.75. The molecule has 1 N–H and O–H groups in total. The molecule has 0 aliphatic heterocycles. The van der Waals surface area contributed by atoms with E-state index in [1.165, 1.54) is 25.7 Å². The van der Waals surface area contributed by atoms with Crippen molar-refractivity contribution >= 4 is 11.5 Å². The molecule has 0 amide bonds. The van der Waals surface area contributed by atoms with Crippen LogP contribution in [0.3, 0.4) is 0 Å². The van der Waals surface area contributed by atoms with Crippen LogP contribution in [0.4, 0.5) is 0 Å². The van der Waals surface area contributed by atoms with Crippen molar-refractivity contribution in [3.8, 4) is 0 Å². The second kappa shape index (κ2) is 4.64. The maximum absolute atomic E-state index is 11.2. The molecule has 0 radical (unpaired) electrons. The van der Waals surface area contributed by atoms with Gasteiger partial charge in [0.1, 0.15) is 5.82 Å². The standard InChI is InChI=1S/C14H17N3O2/c1-2-12-15-13(14(18)19)11-8-7-10(16-17(11)12)9-5-3-4-6-9/h7-9H,2-6H2,1H3,(H,18,19). The summed E-state index contributed by atoms with van der Waals surface area (Å²) >= 11 is 0. The van der Waals surface area contributed by atoms with Gasteiger partial charge in [0.2, 0.25) is 0 Å². The Morgan fingerprint density at radius 2 is 2.16 bits per heavy atom. The smallest absolute Gasteiger partial charge is 0.356 e. The molecule has 1 saturated carbocycles. The number of carbonyl (C=O) groups is 1. The van der Waals surface area contributed by atoms with Crippen LogP contribution in [0.25, 0.3) is 5.52 Å². The van der Waals surface area contributed by atoms with Crippen LogP contribution in [0.5, 0.6) is 0 Å². The van der Waals surface area contributed by atoms with Gasteiger partial charge in [0.05, 0.1) is 11.2 Å². The average Bonchev–Trinajstić information content (AvgIpc) is 3.05. The molecular formula is C14H17N3O2. The van der Waals surface area contributed by atoms with Gasteiger partial charge in [-0.15, -0.1) is 0 Å². The fourth-order valence-electron chi connectivity index (χ4n) is 2.87. The molecule has 2 heterocycles. The number of hydrogen-bond donors (Lipinski definition) is 1. The Balaban J connectivity index is 2.13. The van der Waals surface area contributed by atoms with Crippen LogP contribution in [0.15, 0.2) is 12.1 Å². The first-order valence-corrected chi connectivity index (χ1v) is 6.82. The molecule has 100 valence electrons. The molecule has 5 heteroatoms. The summed E-state index contributed by atoms with van der Waals surface area (Å²) in [6.07, 6.45) is 5.56. The SMILES string of the molecule is CCc1nc(C(=O)O)c2ccc(C3CCCC3)nn12. The molecule has 19 heavy (non-hydrogen) atoms. The van der Waals surface area contributed by atoms with Gasteiger partial charge in [0, 0.05) is 12.3 Å². The molecule has 0 spiro atoms. The van der Waals surface area contributed by atoms with Gasteiger partial charge in [-0.3, -0.25) is 0 Å². The molecular weight excluding hydrogens is 242 g/mol. The van der Waals surface area contributed by atoms with E-state index in [-0.39, 0.29) is 5.69 Å². The molecule has 3 rings (SSSR count). The Hall–Kier alpha value is -1.91. The molecule has 0 atom stereocenters. The van der Waals surface area contributed by atoms with Crippen LogP contribution in [-0.2, 0) is 6.42 Å².